The number of carbonyl (C=O) groups excluding carboxylic acids is 1. The lowest BCUT2D eigenvalue weighted by Gasteiger charge is -2.07. The van der Waals surface area contributed by atoms with Gasteiger partial charge in [-0.25, -0.2) is 4.79 Å². The predicted octanol–water partition coefficient (Wildman–Crippen LogP) is 1.52. The van der Waals surface area contributed by atoms with Gasteiger partial charge in [-0.15, -0.1) is 0 Å². The summed E-state index contributed by atoms with van der Waals surface area (Å²) in [6, 6.07) is 1.82. The van der Waals surface area contributed by atoms with Crippen molar-refractivity contribution in [2.75, 3.05) is 14.1 Å². The molecule has 0 unspecified atom stereocenters. The number of hydrogen-bond acceptors (Lipinski definition) is 3. The van der Waals surface area contributed by atoms with E-state index in [-0.39, 0.29) is 11.1 Å². The van der Waals surface area contributed by atoms with E-state index in [4.69, 9.17) is 28.5 Å². The highest BCUT2D eigenvalue weighted by Crippen LogP contribution is 2.19. The van der Waals surface area contributed by atoms with Crippen molar-refractivity contribution in [3.8, 4) is 6.07 Å². The van der Waals surface area contributed by atoms with Crippen LogP contribution in [-0.4, -0.2) is 29.8 Å². The summed E-state index contributed by atoms with van der Waals surface area (Å²) in [7, 11) is 3.44. The highest BCUT2D eigenvalue weighted by Gasteiger charge is 2.14. The van der Waals surface area contributed by atoms with Crippen LogP contribution >= 0.6 is 23.2 Å². The number of nitriles is 1. The molecule has 0 spiro atoms. The van der Waals surface area contributed by atoms with Crippen LogP contribution in [0.15, 0.2) is 17.3 Å². The Balaban J connectivity index is 5.01. The molecule has 0 amide bonds. The normalized spacial score (nSPS) is 10.6. The molecule has 5 heteroatoms. The summed E-state index contributed by atoms with van der Waals surface area (Å²) in [6.45, 7) is 0. The molecular formula is C8H8Cl2N2O. The molecule has 0 saturated heterocycles. The Kier molecular flexibility index (Phi) is 5.25. The van der Waals surface area contributed by atoms with Crippen LogP contribution in [0.2, 0.25) is 0 Å². The fraction of sp³-hybridized carbons (Fsp3) is 0.375. The van der Waals surface area contributed by atoms with Crippen molar-refractivity contribution >= 4 is 29.1 Å². The average Bonchev–Trinajstić information content (AvgIpc) is 2.02. The van der Waals surface area contributed by atoms with Gasteiger partial charge < -0.3 is 4.90 Å². The Morgan fingerprint density at radius 1 is 1.54 bits per heavy atom. The molecule has 0 aliphatic carbocycles. The van der Waals surface area contributed by atoms with Gasteiger partial charge in [0.2, 0.25) is 0 Å². The van der Waals surface area contributed by atoms with Crippen molar-refractivity contribution in [3.05, 3.63) is 17.3 Å². The van der Waals surface area contributed by atoms with Gasteiger partial charge in [-0.3, -0.25) is 0 Å². The van der Waals surface area contributed by atoms with Gasteiger partial charge in [-0.2, -0.15) is 5.26 Å². The molecule has 0 fully saturated rings. The maximum atomic E-state index is 10.4. The molecule has 0 saturated carbocycles. The first-order chi connectivity index (χ1) is 6.02. The summed E-state index contributed by atoms with van der Waals surface area (Å²) < 4.78 is 0. The molecular weight excluding hydrogens is 211 g/mol. The molecule has 0 atom stereocenters. The second kappa shape index (κ2) is 5.66. The molecule has 0 rings (SSSR count). The zero-order valence-corrected chi connectivity index (χ0v) is 8.73. The molecule has 0 aromatic rings. The van der Waals surface area contributed by atoms with Crippen molar-refractivity contribution in [2.24, 2.45) is 0 Å². The third kappa shape index (κ3) is 4.00. The minimum absolute atomic E-state index is 0.0421. The van der Waals surface area contributed by atoms with Crippen LogP contribution < -0.4 is 0 Å². The number of hydrogen-bond donors (Lipinski definition) is 0. The maximum absolute atomic E-state index is 10.4. The van der Waals surface area contributed by atoms with Gasteiger partial charge in [0.1, 0.15) is 16.8 Å². The molecule has 13 heavy (non-hydrogen) atoms. The molecule has 0 aliphatic heterocycles. The number of allylic oxidation sites excluding steroid dienone is 2. The topological polar surface area (TPSA) is 44.1 Å². The fourth-order valence-corrected chi connectivity index (χ4v) is 0.958. The van der Waals surface area contributed by atoms with Crippen LogP contribution in [0, 0.1) is 11.3 Å². The summed E-state index contributed by atoms with van der Waals surface area (Å²) in [6.07, 6.45) is 1.46. The Morgan fingerprint density at radius 3 is 2.31 bits per heavy atom. The molecule has 0 aliphatic rings. The second-order valence-electron chi connectivity index (χ2n) is 2.43. The van der Waals surface area contributed by atoms with Crippen LogP contribution in [0.25, 0.3) is 0 Å². The first-order valence-electron chi connectivity index (χ1n) is 3.34. The second-order valence-corrected chi connectivity index (χ2v) is 3.53. The van der Waals surface area contributed by atoms with E-state index in [1.807, 2.05) is 6.07 Å². The van der Waals surface area contributed by atoms with E-state index in [9.17, 15) is 4.79 Å². The Hall–Kier alpha value is -0.940. The summed E-state index contributed by atoms with van der Waals surface area (Å²) in [5.41, 5.74) is 0.0783. The summed E-state index contributed by atoms with van der Waals surface area (Å²) in [4.78, 5) is 11.0. The van der Waals surface area contributed by atoms with Gasteiger partial charge in [0.15, 0.2) is 0 Å². The molecule has 0 bridgehead atoms. The predicted molar refractivity (Wildman–Crippen MR) is 52.1 cm³/mol. The smallest absolute Gasteiger partial charge is 0.144 e. The van der Waals surface area contributed by atoms with E-state index in [1.54, 1.807) is 24.9 Å². The summed E-state index contributed by atoms with van der Waals surface area (Å²) >= 11 is 10.9. The highest BCUT2D eigenvalue weighted by molar-refractivity contribution is 6.47. The van der Waals surface area contributed by atoms with Crippen molar-refractivity contribution in [1.82, 2.24) is 4.90 Å². The first kappa shape index (κ1) is 12.1. The Labute approximate surface area is 86.8 Å². The van der Waals surface area contributed by atoms with E-state index in [0.717, 1.165) is 0 Å². The number of alkyl halides is 2. The lowest BCUT2D eigenvalue weighted by atomic mass is 10.1. The lowest BCUT2D eigenvalue weighted by molar-refractivity contribution is 0.558. The van der Waals surface area contributed by atoms with Gasteiger partial charge in [-0.05, 0) is 0 Å². The van der Waals surface area contributed by atoms with Crippen LogP contribution in [0.4, 0.5) is 0 Å². The van der Waals surface area contributed by atoms with E-state index in [0.29, 0.717) is 0 Å². The van der Waals surface area contributed by atoms with Gasteiger partial charge >= 0.3 is 0 Å². The molecule has 0 aromatic heterocycles. The zero-order chi connectivity index (χ0) is 10.4. The molecule has 0 radical (unpaired) electrons. The van der Waals surface area contributed by atoms with Gasteiger partial charge in [0.25, 0.3) is 0 Å². The van der Waals surface area contributed by atoms with Gasteiger partial charge in [0.05, 0.1) is 11.1 Å². The summed E-state index contributed by atoms with van der Waals surface area (Å²) in [5, 5.41) is 8.66. The highest BCUT2D eigenvalue weighted by atomic mass is 35.5. The third-order valence-electron chi connectivity index (χ3n) is 1.13. The molecule has 0 N–H and O–H groups in total. The van der Waals surface area contributed by atoms with Gasteiger partial charge in [-0.1, -0.05) is 23.2 Å². The number of rotatable bonds is 3. The standard InChI is InChI=1S/C8H8Cl2N2O/c1-12(2)4-6(3-11)7(5-13)8(9)10/h4,8H,1-2H3. The van der Waals surface area contributed by atoms with Crippen LogP contribution in [0.3, 0.4) is 0 Å². The van der Waals surface area contributed by atoms with Gasteiger partial charge in [0, 0.05) is 20.3 Å². The van der Waals surface area contributed by atoms with Crippen molar-refractivity contribution in [2.45, 2.75) is 4.84 Å². The molecule has 0 aromatic carbocycles. The number of halogens is 2. The molecule has 0 heterocycles. The minimum Gasteiger partial charge on any atom is -0.382 e. The van der Waals surface area contributed by atoms with E-state index in [2.05, 4.69) is 0 Å². The molecule has 3 nitrogen and oxygen atoms in total. The van der Waals surface area contributed by atoms with Crippen LogP contribution in [-0.2, 0) is 4.79 Å². The van der Waals surface area contributed by atoms with E-state index < -0.39 is 4.84 Å². The maximum Gasteiger partial charge on any atom is 0.144 e. The Bertz CT molecular complexity index is 296. The van der Waals surface area contributed by atoms with Crippen molar-refractivity contribution in [3.63, 3.8) is 0 Å². The minimum atomic E-state index is -1.02. The van der Waals surface area contributed by atoms with Crippen molar-refractivity contribution in [1.29, 1.82) is 5.26 Å². The fourth-order valence-electron chi connectivity index (χ4n) is 0.634. The van der Waals surface area contributed by atoms with E-state index >= 15 is 0 Å². The van der Waals surface area contributed by atoms with Crippen LogP contribution in [0.1, 0.15) is 0 Å². The number of nitrogens with zero attached hydrogens (tertiary/aromatic N) is 2. The lowest BCUT2D eigenvalue weighted by Crippen LogP contribution is -2.06. The van der Waals surface area contributed by atoms with Crippen LogP contribution in [0.5, 0.6) is 0 Å². The first-order valence-corrected chi connectivity index (χ1v) is 4.22. The quantitative estimate of drug-likeness (QED) is 0.313. The Morgan fingerprint density at radius 2 is 2.08 bits per heavy atom. The largest absolute Gasteiger partial charge is 0.382 e. The third-order valence-corrected chi connectivity index (χ3v) is 1.56. The zero-order valence-electron chi connectivity index (χ0n) is 7.21. The molecule has 70 valence electrons. The average molecular weight is 219 g/mol. The SMILES string of the molecule is CN(C)C=C(C#N)C(=C=O)C(Cl)Cl. The van der Waals surface area contributed by atoms with Crippen molar-refractivity contribution < 1.29 is 4.79 Å². The van der Waals surface area contributed by atoms with E-state index in [1.165, 1.54) is 6.20 Å². The summed E-state index contributed by atoms with van der Waals surface area (Å²) in [5.74, 6) is 1.54. The monoisotopic (exact) mass is 218 g/mol.